The number of carboxylic acids is 1. The van der Waals surface area contributed by atoms with Crippen LogP contribution in [0.25, 0.3) is 0 Å². The van der Waals surface area contributed by atoms with Crippen molar-refractivity contribution in [2.45, 2.75) is 31.9 Å². The Hall–Kier alpha value is -1.80. The Bertz CT molecular complexity index is 653. The van der Waals surface area contributed by atoms with E-state index in [0.717, 1.165) is 38.2 Å². The third-order valence-corrected chi connectivity index (χ3v) is 5.09. The second-order valence-electron chi connectivity index (χ2n) is 6.92. The third kappa shape index (κ3) is 6.10. The largest absolute Gasteiger partial charge is 0.490 e. The molecule has 0 saturated carbocycles. The number of carboxylic acid groups (broad SMARTS) is 1. The number of benzene rings is 1. The first-order chi connectivity index (χ1) is 12.6. The standard InChI is InChI=1S/C16H21ClN2O.C2HF3O2/c17-14-5-3-13(4-6-14)15(20)19-10-2-8-16(12-19)7-1-9-18-11-16;3-2(4,5)1(6)7/h3-6,18H,1-2,7-12H2;(H,6,7). The molecule has 1 atom stereocenters. The summed E-state index contributed by atoms with van der Waals surface area (Å²) in [5, 5.41) is 11.3. The number of piperidine rings is 2. The van der Waals surface area contributed by atoms with Crippen LogP contribution in [0, 0.1) is 5.41 Å². The van der Waals surface area contributed by atoms with Crippen molar-refractivity contribution < 1.29 is 27.9 Å². The van der Waals surface area contributed by atoms with Crippen LogP contribution in [0.1, 0.15) is 36.0 Å². The van der Waals surface area contributed by atoms with Crippen LogP contribution in [-0.4, -0.2) is 54.2 Å². The molecule has 2 aliphatic rings. The van der Waals surface area contributed by atoms with Crippen molar-refractivity contribution in [3.05, 3.63) is 34.9 Å². The van der Waals surface area contributed by atoms with E-state index in [0.29, 0.717) is 10.4 Å². The van der Waals surface area contributed by atoms with Crippen LogP contribution in [0.3, 0.4) is 0 Å². The maximum Gasteiger partial charge on any atom is 0.490 e. The molecule has 1 aromatic carbocycles. The average Bonchev–Trinajstić information content (AvgIpc) is 2.62. The van der Waals surface area contributed by atoms with Crippen LogP contribution in [0.5, 0.6) is 0 Å². The minimum absolute atomic E-state index is 0.145. The van der Waals surface area contributed by atoms with Gasteiger partial charge < -0.3 is 15.3 Å². The summed E-state index contributed by atoms with van der Waals surface area (Å²) in [6.45, 7) is 3.94. The van der Waals surface area contributed by atoms with E-state index in [2.05, 4.69) is 5.32 Å². The van der Waals surface area contributed by atoms with E-state index in [-0.39, 0.29) is 5.91 Å². The van der Waals surface area contributed by atoms with Gasteiger partial charge in [-0.1, -0.05) is 11.6 Å². The van der Waals surface area contributed by atoms with Gasteiger partial charge in [0.05, 0.1) is 0 Å². The van der Waals surface area contributed by atoms with Gasteiger partial charge in [-0.3, -0.25) is 4.79 Å². The number of nitrogens with zero attached hydrogens (tertiary/aromatic N) is 1. The van der Waals surface area contributed by atoms with Crippen molar-refractivity contribution in [3.8, 4) is 0 Å². The number of carbonyl (C=O) groups excluding carboxylic acids is 1. The Morgan fingerprint density at radius 2 is 1.74 bits per heavy atom. The Balaban J connectivity index is 0.000000321. The summed E-state index contributed by atoms with van der Waals surface area (Å²) in [7, 11) is 0. The molecule has 1 unspecified atom stereocenters. The van der Waals surface area contributed by atoms with Crippen molar-refractivity contribution in [2.75, 3.05) is 26.2 Å². The van der Waals surface area contributed by atoms with Gasteiger partial charge >= 0.3 is 12.1 Å². The summed E-state index contributed by atoms with van der Waals surface area (Å²) >= 11 is 5.89. The topological polar surface area (TPSA) is 69.6 Å². The molecule has 2 aliphatic heterocycles. The summed E-state index contributed by atoms with van der Waals surface area (Å²) in [5.41, 5.74) is 1.05. The van der Waals surface area contributed by atoms with Gasteiger partial charge in [-0.2, -0.15) is 13.2 Å². The molecular weight excluding hydrogens is 385 g/mol. The average molecular weight is 407 g/mol. The predicted molar refractivity (Wildman–Crippen MR) is 94.8 cm³/mol. The number of halogens is 4. The molecule has 3 rings (SSSR count). The normalized spacial score (nSPS) is 22.7. The molecule has 1 aromatic rings. The van der Waals surface area contributed by atoms with E-state index in [9.17, 15) is 18.0 Å². The smallest absolute Gasteiger partial charge is 0.475 e. The van der Waals surface area contributed by atoms with Crippen LogP contribution >= 0.6 is 11.6 Å². The second kappa shape index (κ2) is 8.93. The molecule has 1 amide bonds. The first-order valence-electron chi connectivity index (χ1n) is 8.69. The number of alkyl halides is 3. The van der Waals surface area contributed by atoms with Gasteiger partial charge in [0.15, 0.2) is 0 Å². The molecule has 9 heteroatoms. The molecule has 1 spiro atoms. The molecular formula is C18H22ClF3N2O3. The summed E-state index contributed by atoms with van der Waals surface area (Å²) in [5.74, 6) is -2.61. The number of nitrogens with one attached hydrogen (secondary N) is 1. The molecule has 0 aromatic heterocycles. The lowest BCUT2D eigenvalue weighted by molar-refractivity contribution is -0.192. The highest BCUT2D eigenvalue weighted by molar-refractivity contribution is 6.30. The monoisotopic (exact) mass is 406 g/mol. The number of likely N-dealkylation sites (tertiary alicyclic amines) is 1. The minimum Gasteiger partial charge on any atom is -0.475 e. The van der Waals surface area contributed by atoms with Gasteiger partial charge in [-0.15, -0.1) is 0 Å². The zero-order chi connectivity index (χ0) is 20.1. The molecule has 2 heterocycles. The Morgan fingerprint density at radius 1 is 1.15 bits per heavy atom. The lowest BCUT2D eigenvalue weighted by Crippen LogP contribution is -2.52. The van der Waals surface area contributed by atoms with Gasteiger partial charge in [0.2, 0.25) is 0 Å². The van der Waals surface area contributed by atoms with Gasteiger partial charge in [0.1, 0.15) is 0 Å². The number of carbonyl (C=O) groups is 2. The van der Waals surface area contributed by atoms with Gasteiger partial charge in [0.25, 0.3) is 5.91 Å². The van der Waals surface area contributed by atoms with Crippen molar-refractivity contribution >= 4 is 23.5 Å². The van der Waals surface area contributed by atoms with Crippen LogP contribution < -0.4 is 5.32 Å². The molecule has 5 nitrogen and oxygen atoms in total. The fraction of sp³-hybridized carbons (Fsp3) is 0.556. The minimum atomic E-state index is -5.08. The van der Waals surface area contributed by atoms with E-state index in [1.807, 2.05) is 17.0 Å². The lowest BCUT2D eigenvalue weighted by Gasteiger charge is -2.45. The summed E-state index contributed by atoms with van der Waals surface area (Å²) in [6, 6.07) is 7.23. The van der Waals surface area contributed by atoms with Gasteiger partial charge in [0, 0.05) is 35.6 Å². The maximum atomic E-state index is 12.6. The van der Waals surface area contributed by atoms with Crippen LogP contribution in [-0.2, 0) is 4.79 Å². The maximum absolute atomic E-state index is 12.6. The van der Waals surface area contributed by atoms with E-state index in [1.54, 1.807) is 12.1 Å². The Morgan fingerprint density at radius 3 is 2.26 bits per heavy atom. The number of rotatable bonds is 1. The fourth-order valence-electron chi connectivity index (χ4n) is 3.53. The zero-order valence-corrected chi connectivity index (χ0v) is 15.4. The number of hydrogen-bond acceptors (Lipinski definition) is 3. The number of amides is 1. The molecule has 0 radical (unpaired) electrons. The Kier molecular flexibility index (Phi) is 7.11. The summed E-state index contributed by atoms with van der Waals surface area (Å²) in [6.07, 6.45) is -0.265. The van der Waals surface area contributed by atoms with Crippen LogP contribution in [0.4, 0.5) is 13.2 Å². The van der Waals surface area contributed by atoms with Gasteiger partial charge in [-0.05, 0) is 56.5 Å². The SMILES string of the molecule is O=C(O)C(F)(F)F.O=C(c1ccc(Cl)cc1)N1CCCC2(CCCNC2)C1. The highest BCUT2D eigenvalue weighted by Gasteiger charge is 2.39. The van der Waals surface area contributed by atoms with E-state index in [1.165, 1.54) is 19.3 Å². The number of hydrogen-bond donors (Lipinski definition) is 2. The van der Waals surface area contributed by atoms with Crippen LogP contribution in [0.15, 0.2) is 24.3 Å². The zero-order valence-electron chi connectivity index (χ0n) is 14.7. The summed E-state index contributed by atoms with van der Waals surface area (Å²) in [4.78, 5) is 23.5. The quantitative estimate of drug-likeness (QED) is 0.748. The molecule has 150 valence electrons. The fourth-order valence-corrected chi connectivity index (χ4v) is 3.66. The Labute approximate surface area is 160 Å². The highest BCUT2D eigenvalue weighted by atomic mass is 35.5. The van der Waals surface area contributed by atoms with Crippen molar-refractivity contribution in [3.63, 3.8) is 0 Å². The molecule has 0 aliphatic carbocycles. The molecule has 27 heavy (non-hydrogen) atoms. The number of aliphatic carboxylic acids is 1. The second-order valence-corrected chi connectivity index (χ2v) is 7.36. The van der Waals surface area contributed by atoms with E-state index in [4.69, 9.17) is 21.5 Å². The first-order valence-corrected chi connectivity index (χ1v) is 9.06. The van der Waals surface area contributed by atoms with E-state index < -0.39 is 12.1 Å². The lowest BCUT2D eigenvalue weighted by atomic mass is 9.74. The van der Waals surface area contributed by atoms with Crippen molar-refractivity contribution in [1.82, 2.24) is 10.2 Å². The van der Waals surface area contributed by atoms with E-state index >= 15 is 0 Å². The first kappa shape index (κ1) is 21.5. The van der Waals surface area contributed by atoms with Crippen molar-refractivity contribution in [2.24, 2.45) is 5.41 Å². The molecule has 0 bridgehead atoms. The predicted octanol–water partition coefficient (Wildman–Crippen LogP) is 3.58. The molecule has 2 N–H and O–H groups in total. The van der Waals surface area contributed by atoms with Crippen LogP contribution in [0.2, 0.25) is 5.02 Å². The highest BCUT2D eigenvalue weighted by Crippen LogP contribution is 2.36. The molecule has 2 fully saturated rings. The van der Waals surface area contributed by atoms with Gasteiger partial charge in [-0.25, -0.2) is 4.79 Å². The molecule has 2 saturated heterocycles. The third-order valence-electron chi connectivity index (χ3n) is 4.84. The van der Waals surface area contributed by atoms with Crippen molar-refractivity contribution in [1.29, 1.82) is 0 Å². The summed E-state index contributed by atoms with van der Waals surface area (Å²) < 4.78 is 31.7.